The molecule has 1 aromatic heterocycles. The van der Waals surface area contributed by atoms with Gasteiger partial charge in [0.15, 0.2) is 0 Å². The largest absolute Gasteiger partial charge is 0.477 e. The van der Waals surface area contributed by atoms with E-state index in [-0.39, 0.29) is 0 Å². The van der Waals surface area contributed by atoms with Gasteiger partial charge in [0.05, 0.1) is 0 Å². The summed E-state index contributed by atoms with van der Waals surface area (Å²) in [5, 5.41) is 14.2. The van der Waals surface area contributed by atoms with Gasteiger partial charge in [-0.3, -0.25) is 0 Å². The lowest BCUT2D eigenvalue weighted by Gasteiger charge is -2.28. The highest BCUT2D eigenvalue weighted by Crippen LogP contribution is 2.19. The van der Waals surface area contributed by atoms with Crippen LogP contribution in [0.1, 0.15) is 34.5 Å². The molecule has 1 aromatic rings. The van der Waals surface area contributed by atoms with Crippen LogP contribution in [0.15, 0.2) is 11.4 Å². The summed E-state index contributed by atoms with van der Waals surface area (Å²) in [7, 11) is 2.18. The highest BCUT2D eigenvalue weighted by Gasteiger charge is 2.16. The lowest BCUT2D eigenvalue weighted by atomic mass is 9.94. The van der Waals surface area contributed by atoms with E-state index >= 15 is 0 Å². The number of nitrogens with one attached hydrogen (secondary N) is 1. The number of carbonyl (C=O) groups is 1. The normalized spacial score (nSPS) is 17.7. The first-order valence-electron chi connectivity index (χ1n) is 6.85. The molecule has 2 heterocycles. The van der Waals surface area contributed by atoms with E-state index in [4.69, 9.17) is 5.11 Å². The molecule has 0 unspecified atom stereocenters. The van der Waals surface area contributed by atoms with E-state index in [2.05, 4.69) is 17.3 Å². The second-order valence-electron chi connectivity index (χ2n) is 5.29. The van der Waals surface area contributed by atoms with Gasteiger partial charge in [-0.1, -0.05) is 0 Å². The maximum absolute atomic E-state index is 11.0. The van der Waals surface area contributed by atoms with Crippen molar-refractivity contribution in [2.24, 2.45) is 5.92 Å². The van der Waals surface area contributed by atoms with Crippen molar-refractivity contribution in [2.75, 3.05) is 26.7 Å². The molecule has 2 rings (SSSR count). The molecule has 19 heavy (non-hydrogen) atoms. The molecule has 0 bridgehead atoms. The molecule has 0 radical (unpaired) electrons. The first kappa shape index (κ1) is 14.5. The van der Waals surface area contributed by atoms with Gasteiger partial charge in [-0.05, 0) is 68.9 Å². The number of piperidine rings is 1. The SMILES string of the molecule is CN1CCC(CCNCc2ccsc2C(=O)O)CC1. The monoisotopic (exact) mass is 282 g/mol. The zero-order valence-corrected chi connectivity index (χ0v) is 12.2. The van der Waals surface area contributed by atoms with Crippen molar-refractivity contribution in [3.8, 4) is 0 Å². The fourth-order valence-electron chi connectivity index (χ4n) is 2.54. The number of likely N-dealkylation sites (tertiary alicyclic amines) is 1. The molecule has 2 N–H and O–H groups in total. The summed E-state index contributed by atoms with van der Waals surface area (Å²) in [4.78, 5) is 13.8. The van der Waals surface area contributed by atoms with Gasteiger partial charge < -0.3 is 15.3 Å². The molecule has 4 nitrogen and oxygen atoms in total. The van der Waals surface area contributed by atoms with E-state index in [1.54, 1.807) is 0 Å². The Bertz CT molecular complexity index is 411. The van der Waals surface area contributed by atoms with Crippen molar-refractivity contribution in [1.29, 1.82) is 0 Å². The molecule has 1 saturated heterocycles. The predicted molar refractivity (Wildman–Crippen MR) is 77.8 cm³/mol. The second kappa shape index (κ2) is 7.03. The van der Waals surface area contributed by atoms with E-state index in [0.717, 1.165) is 18.0 Å². The zero-order chi connectivity index (χ0) is 13.7. The van der Waals surface area contributed by atoms with Crippen LogP contribution in [0.3, 0.4) is 0 Å². The van der Waals surface area contributed by atoms with E-state index in [9.17, 15) is 4.79 Å². The first-order valence-corrected chi connectivity index (χ1v) is 7.73. The quantitative estimate of drug-likeness (QED) is 0.786. The Hall–Kier alpha value is -0.910. The van der Waals surface area contributed by atoms with Gasteiger partial charge in [-0.15, -0.1) is 11.3 Å². The number of rotatable bonds is 6. The molecule has 5 heteroatoms. The first-order chi connectivity index (χ1) is 9.16. The average Bonchev–Trinajstić information content (AvgIpc) is 2.85. The van der Waals surface area contributed by atoms with Crippen LogP contribution in [0, 0.1) is 5.92 Å². The van der Waals surface area contributed by atoms with Gasteiger partial charge in [0.2, 0.25) is 0 Å². The number of carboxylic acids is 1. The number of aromatic carboxylic acids is 1. The third-order valence-electron chi connectivity index (χ3n) is 3.82. The third kappa shape index (κ3) is 4.30. The highest BCUT2D eigenvalue weighted by atomic mass is 32.1. The van der Waals surface area contributed by atoms with Crippen LogP contribution in [0.4, 0.5) is 0 Å². The van der Waals surface area contributed by atoms with Gasteiger partial charge in [0, 0.05) is 6.54 Å². The molecule has 0 aromatic carbocycles. The van der Waals surface area contributed by atoms with E-state index in [1.807, 2.05) is 11.4 Å². The minimum atomic E-state index is -0.817. The minimum Gasteiger partial charge on any atom is -0.477 e. The van der Waals surface area contributed by atoms with Crippen molar-refractivity contribution >= 4 is 17.3 Å². The van der Waals surface area contributed by atoms with Gasteiger partial charge in [-0.25, -0.2) is 4.79 Å². The zero-order valence-electron chi connectivity index (χ0n) is 11.4. The Labute approximate surface area is 118 Å². The number of hydrogen-bond acceptors (Lipinski definition) is 4. The lowest BCUT2D eigenvalue weighted by Crippen LogP contribution is -2.31. The number of thiophene rings is 1. The number of hydrogen-bond donors (Lipinski definition) is 2. The molecule has 0 spiro atoms. The second-order valence-corrected chi connectivity index (χ2v) is 6.21. The summed E-state index contributed by atoms with van der Waals surface area (Å²) < 4.78 is 0. The Morgan fingerprint density at radius 2 is 2.26 bits per heavy atom. The van der Waals surface area contributed by atoms with Crippen LogP contribution in [-0.2, 0) is 6.54 Å². The van der Waals surface area contributed by atoms with Crippen molar-refractivity contribution in [2.45, 2.75) is 25.8 Å². The van der Waals surface area contributed by atoms with Gasteiger partial charge in [-0.2, -0.15) is 0 Å². The molecular weight excluding hydrogens is 260 g/mol. The standard InChI is InChI=1S/C14H22N2O2S/c1-16-7-3-11(4-8-16)2-6-15-10-12-5-9-19-13(12)14(17)18/h5,9,11,15H,2-4,6-8,10H2,1H3,(H,17,18). The molecular formula is C14H22N2O2S. The van der Waals surface area contributed by atoms with E-state index in [1.165, 1.54) is 43.7 Å². The summed E-state index contributed by atoms with van der Waals surface area (Å²) in [6, 6.07) is 1.90. The Morgan fingerprint density at radius 3 is 2.95 bits per heavy atom. The maximum atomic E-state index is 11.0. The Kier molecular flexibility index (Phi) is 5.36. The average molecular weight is 282 g/mol. The van der Waals surface area contributed by atoms with Crippen molar-refractivity contribution in [1.82, 2.24) is 10.2 Å². The predicted octanol–water partition coefficient (Wildman–Crippen LogP) is 2.27. The summed E-state index contributed by atoms with van der Waals surface area (Å²) in [5.41, 5.74) is 0.904. The van der Waals surface area contributed by atoms with Crippen molar-refractivity contribution < 1.29 is 9.90 Å². The molecule has 1 aliphatic heterocycles. The lowest BCUT2D eigenvalue weighted by molar-refractivity contribution is 0.0701. The fraction of sp³-hybridized carbons (Fsp3) is 0.643. The number of carboxylic acid groups (broad SMARTS) is 1. The molecule has 106 valence electrons. The van der Waals surface area contributed by atoms with Crippen LogP contribution in [0.2, 0.25) is 0 Å². The van der Waals surface area contributed by atoms with Crippen LogP contribution in [0.5, 0.6) is 0 Å². The molecule has 0 atom stereocenters. The van der Waals surface area contributed by atoms with E-state index < -0.39 is 5.97 Å². The van der Waals surface area contributed by atoms with Crippen LogP contribution in [0.25, 0.3) is 0 Å². The highest BCUT2D eigenvalue weighted by molar-refractivity contribution is 7.12. The van der Waals surface area contributed by atoms with Gasteiger partial charge in [0.1, 0.15) is 4.88 Å². The van der Waals surface area contributed by atoms with Crippen molar-refractivity contribution in [3.63, 3.8) is 0 Å². The summed E-state index contributed by atoms with van der Waals surface area (Å²) in [5.74, 6) is 0.00670. The minimum absolute atomic E-state index is 0.465. The molecule has 0 saturated carbocycles. The fourth-order valence-corrected chi connectivity index (χ4v) is 3.30. The van der Waals surface area contributed by atoms with Gasteiger partial charge >= 0.3 is 5.97 Å². The van der Waals surface area contributed by atoms with Crippen LogP contribution in [-0.4, -0.2) is 42.7 Å². The third-order valence-corrected chi connectivity index (χ3v) is 4.77. The molecule has 0 amide bonds. The molecule has 0 aliphatic carbocycles. The topological polar surface area (TPSA) is 52.6 Å². The maximum Gasteiger partial charge on any atom is 0.346 e. The summed E-state index contributed by atoms with van der Waals surface area (Å²) in [6.07, 6.45) is 3.77. The van der Waals surface area contributed by atoms with Crippen LogP contribution < -0.4 is 5.32 Å². The Balaban J connectivity index is 1.66. The van der Waals surface area contributed by atoms with Crippen molar-refractivity contribution in [3.05, 3.63) is 21.9 Å². The molecule has 1 fully saturated rings. The smallest absolute Gasteiger partial charge is 0.346 e. The van der Waals surface area contributed by atoms with Gasteiger partial charge in [0.25, 0.3) is 0 Å². The Morgan fingerprint density at radius 1 is 1.53 bits per heavy atom. The summed E-state index contributed by atoms with van der Waals surface area (Å²) in [6.45, 7) is 4.05. The van der Waals surface area contributed by atoms with Crippen LogP contribution >= 0.6 is 11.3 Å². The number of nitrogens with zero attached hydrogens (tertiary/aromatic N) is 1. The molecule has 1 aliphatic rings. The summed E-state index contributed by atoms with van der Waals surface area (Å²) >= 11 is 1.30. The van der Waals surface area contributed by atoms with E-state index in [0.29, 0.717) is 11.4 Å².